The third-order valence-corrected chi connectivity index (χ3v) is 3.51. The molecular formula is C9H13N2O3P. The van der Waals surface area contributed by atoms with Gasteiger partial charge in [-0.15, -0.1) is 5.20 Å². The SMILES string of the molecule is CN1CCO[P@](=O)(Oc2ccccc2)N1. The van der Waals surface area contributed by atoms with Crippen LogP contribution in [0.2, 0.25) is 0 Å². The van der Waals surface area contributed by atoms with Gasteiger partial charge in [0.15, 0.2) is 0 Å². The van der Waals surface area contributed by atoms with Crippen molar-refractivity contribution in [3.63, 3.8) is 0 Å². The van der Waals surface area contributed by atoms with Crippen molar-refractivity contribution in [2.75, 3.05) is 20.2 Å². The molecule has 0 saturated carbocycles. The molecule has 0 bridgehead atoms. The summed E-state index contributed by atoms with van der Waals surface area (Å²) in [6, 6.07) is 8.97. The molecule has 82 valence electrons. The van der Waals surface area contributed by atoms with E-state index < -0.39 is 7.75 Å². The number of benzene rings is 1. The summed E-state index contributed by atoms with van der Waals surface area (Å²) in [5.74, 6) is 0.531. The first kappa shape index (κ1) is 10.6. The minimum Gasteiger partial charge on any atom is -0.412 e. The zero-order valence-corrected chi connectivity index (χ0v) is 9.31. The lowest BCUT2D eigenvalue weighted by molar-refractivity contribution is 0.134. The summed E-state index contributed by atoms with van der Waals surface area (Å²) in [4.78, 5) is 0. The molecule has 1 aliphatic rings. The van der Waals surface area contributed by atoms with E-state index in [1.54, 1.807) is 24.2 Å². The van der Waals surface area contributed by atoms with Crippen LogP contribution in [0.1, 0.15) is 0 Å². The topological polar surface area (TPSA) is 50.8 Å². The number of para-hydroxylation sites is 1. The third kappa shape index (κ3) is 2.79. The van der Waals surface area contributed by atoms with E-state index >= 15 is 0 Å². The lowest BCUT2D eigenvalue weighted by Crippen LogP contribution is -2.40. The highest BCUT2D eigenvalue weighted by atomic mass is 31.2. The van der Waals surface area contributed by atoms with Crippen LogP contribution in [0, 0.1) is 0 Å². The summed E-state index contributed by atoms with van der Waals surface area (Å²) in [6.45, 7) is 1.08. The van der Waals surface area contributed by atoms with E-state index in [2.05, 4.69) is 5.20 Å². The van der Waals surface area contributed by atoms with E-state index in [4.69, 9.17) is 9.05 Å². The van der Waals surface area contributed by atoms with Crippen molar-refractivity contribution >= 4 is 7.75 Å². The quantitative estimate of drug-likeness (QED) is 0.780. The summed E-state index contributed by atoms with van der Waals surface area (Å²) in [7, 11) is -1.42. The van der Waals surface area contributed by atoms with Gasteiger partial charge in [0.2, 0.25) is 0 Å². The first-order chi connectivity index (χ1) is 7.18. The molecule has 0 amide bonds. The molecular weight excluding hydrogens is 215 g/mol. The second-order valence-corrected chi connectivity index (χ2v) is 4.89. The Morgan fingerprint density at radius 3 is 2.87 bits per heavy atom. The van der Waals surface area contributed by atoms with Crippen molar-refractivity contribution in [1.82, 2.24) is 10.2 Å². The monoisotopic (exact) mass is 228 g/mol. The first-order valence-electron chi connectivity index (χ1n) is 4.66. The Labute approximate surface area is 88.5 Å². The molecule has 15 heavy (non-hydrogen) atoms. The molecule has 1 saturated heterocycles. The van der Waals surface area contributed by atoms with Gasteiger partial charge in [-0.05, 0) is 12.1 Å². The van der Waals surface area contributed by atoms with Crippen LogP contribution in [0.15, 0.2) is 30.3 Å². The zero-order valence-electron chi connectivity index (χ0n) is 8.42. The Hall–Kier alpha value is -0.870. The molecule has 1 aromatic carbocycles. The average molecular weight is 228 g/mol. The van der Waals surface area contributed by atoms with Crippen LogP contribution in [0.5, 0.6) is 5.75 Å². The van der Waals surface area contributed by atoms with Gasteiger partial charge in [0, 0.05) is 13.6 Å². The van der Waals surface area contributed by atoms with Gasteiger partial charge in [-0.1, -0.05) is 18.2 Å². The van der Waals surface area contributed by atoms with Gasteiger partial charge in [0.25, 0.3) is 0 Å². The van der Waals surface area contributed by atoms with Gasteiger partial charge in [0.05, 0.1) is 6.61 Å². The molecule has 2 rings (SSSR count). The minimum absolute atomic E-state index is 0.396. The fourth-order valence-electron chi connectivity index (χ4n) is 1.25. The summed E-state index contributed by atoms with van der Waals surface area (Å²) in [6.07, 6.45) is 0. The number of hydrogen-bond donors (Lipinski definition) is 1. The highest BCUT2D eigenvalue weighted by Crippen LogP contribution is 2.45. The molecule has 1 aromatic rings. The number of hydrogen-bond acceptors (Lipinski definition) is 4. The van der Waals surface area contributed by atoms with Gasteiger partial charge >= 0.3 is 7.75 Å². The van der Waals surface area contributed by atoms with E-state index in [0.29, 0.717) is 18.9 Å². The van der Waals surface area contributed by atoms with Gasteiger partial charge < -0.3 is 4.52 Å². The standard InChI is InChI=1S/C9H13N2O3P/c1-11-7-8-13-15(12,10-11)14-9-5-3-2-4-6-9/h2-6H,7-8H2,1H3,(H,10,12)/t15-/m0/s1. The molecule has 0 radical (unpaired) electrons. The Balaban J connectivity index is 2.07. The lowest BCUT2D eigenvalue weighted by atomic mass is 10.3. The second-order valence-electron chi connectivity index (χ2n) is 3.26. The molecule has 6 heteroatoms. The molecule has 1 N–H and O–H groups in total. The summed E-state index contributed by atoms with van der Waals surface area (Å²) < 4.78 is 22.4. The summed E-state index contributed by atoms with van der Waals surface area (Å²) in [5, 5.41) is 4.39. The number of rotatable bonds is 2. The molecule has 0 spiro atoms. The molecule has 1 atom stereocenters. The van der Waals surface area contributed by atoms with Gasteiger partial charge in [-0.3, -0.25) is 4.52 Å². The fraction of sp³-hybridized carbons (Fsp3) is 0.333. The largest absolute Gasteiger partial charge is 0.472 e. The third-order valence-electron chi connectivity index (χ3n) is 1.95. The number of nitrogens with zero attached hydrogens (tertiary/aromatic N) is 1. The Morgan fingerprint density at radius 1 is 1.47 bits per heavy atom. The highest BCUT2D eigenvalue weighted by Gasteiger charge is 2.31. The minimum atomic E-state index is -3.22. The molecule has 5 nitrogen and oxygen atoms in total. The maximum absolute atomic E-state index is 12.0. The number of hydrazine groups is 1. The van der Waals surface area contributed by atoms with Crippen molar-refractivity contribution in [1.29, 1.82) is 0 Å². The molecule has 1 heterocycles. The Kier molecular flexibility index (Phi) is 3.07. The van der Waals surface area contributed by atoms with Gasteiger partial charge in [0.1, 0.15) is 5.75 Å². The van der Waals surface area contributed by atoms with E-state index in [0.717, 1.165) is 0 Å². The van der Waals surface area contributed by atoms with Crippen LogP contribution >= 0.6 is 7.75 Å². The van der Waals surface area contributed by atoms with Crippen LogP contribution in [0.3, 0.4) is 0 Å². The summed E-state index contributed by atoms with van der Waals surface area (Å²) in [5.41, 5.74) is 0. The van der Waals surface area contributed by atoms with E-state index in [-0.39, 0.29) is 0 Å². The van der Waals surface area contributed by atoms with Crippen LogP contribution in [-0.4, -0.2) is 25.2 Å². The lowest BCUT2D eigenvalue weighted by Gasteiger charge is -2.29. The number of likely N-dealkylation sites (N-methyl/N-ethyl adjacent to an activating group) is 1. The highest BCUT2D eigenvalue weighted by molar-refractivity contribution is 7.52. The second kappa shape index (κ2) is 4.33. The normalized spacial score (nSPS) is 27.5. The predicted octanol–water partition coefficient (Wildman–Crippen LogP) is 1.64. The first-order valence-corrected chi connectivity index (χ1v) is 6.20. The maximum atomic E-state index is 12.0. The molecule has 1 fully saturated rings. The van der Waals surface area contributed by atoms with Crippen molar-refractivity contribution < 1.29 is 13.6 Å². The van der Waals surface area contributed by atoms with Crippen LogP contribution in [0.4, 0.5) is 0 Å². The predicted molar refractivity (Wildman–Crippen MR) is 56.4 cm³/mol. The average Bonchev–Trinajstić information content (AvgIpc) is 2.18. The van der Waals surface area contributed by atoms with E-state index in [1.165, 1.54) is 0 Å². The van der Waals surface area contributed by atoms with E-state index in [1.807, 2.05) is 18.2 Å². The Morgan fingerprint density at radius 2 is 2.20 bits per heavy atom. The van der Waals surface area contributed by atoms with Gasteiger partial charge in [-0.2, -0.15) is 0 Å². The van der Waals surface area contributed by atoms with E-state index in [9.17, 15) is 4.57 Å². The molecule has 0 aromatic heterocycles. The number of nitrogens with one attached hydrogen (secondary N) is 1. The Bertz CT molecular complexity index is 371. The van der Waals surface area contributed by atoms with Crippen molar-refractivity contribution in [3.8, 4) is 5.75 Å². The van der Waals surface area contributed by atoms with Crippen LogP contribution < -0.4 is 9.72 Å². The summed E-state index contributed by atoms with van der Waals surface area (Å²) >= 11 is 0. The molecule has 1 aliphatic heterocycles. The van der Waals surface area contributed by atoms with Crippen LogP contribution in [-0.2, 0) is 9.09 Å². The van der Waals surface area contributed by atoms with Crippen molar-refractivity contribution in [3.05, 3.63) is 30.3 Å². The maximum Gasteiger partial charge on any atom is 0.472 e. The van der Waals surface area contributed by atoms with Crippen molar-refractivity contribution in [2.24, 2.45) is 0 Å². The molecule has 0 aliphatic carbocycles. The van der Waals surface area contributed by atoms with Gasteiger partial charge in [-0.25, -0.2) is 9.57 Å². The van der Waals surface area contributed by atoms with Crippen LogP contribution in [0.25, 0.3) is 0 Å². The zero-order chi connectivity index (χ0) is 10.7. The molecule has 0 unspecified atom stereocenters. The smallest absolute Gasteiger partial charge is 0.412 e. The van der Waals surface area contributed by atoms with Crippen molar-refractivity contribution in [2.45, 2.75) is 0 Å². The fourth-order valence-corrected chi connectivity index (χ4v) is 2.64.